The molecule has 0 aliphatic heterocycles. The Morgan fingerprint density at radius 2 is 2.00 bits per heavy atom. The van der Waals surface area contributed by atoms with Gasteiger partial charge in [0, 0.05) is 6.04 Å². The minimum atomic E-state index is -0.400. The SMILES string of the molecule is CC(N)Cc1ccc(OCc2cccc(O)c2)c(F)c1. The van der Waals surface area contributed by atoms with Crippen LogP contribution in [-0.2, 0) is 13.0 Å². The first-order valence-corrected chi connectivity index (χ1v) is 6.49. The summed E-state index contributed by atoms with van der Waals surface area (Å²) in [4.78, 5) is 0. The number of phenolic OH excluding ortho intramolecular Hbond substituents is 1. The van der Waals surface area contributed by atoms with Crippen molar-refractivity contribution in [3.63, 3.8) is 0 Å². The van der Waals surface area contributed by atoms with E-state index in [4.69, 9.17) is 10.5 Å². The van der Waals surface area contributed by atoms with Gasteiger partial charge in [-0.2, -0.15) is 0 Å². The third-order valence-corrected chi connectivity index (χ3v) is 2.86. The van der Waals surface area contributed by atoms with Crippen LogP contribution in [0.3, 0.4) is 0 Å². The number of halogens is 1. The van der Waals surface area contributed by atoms with Crippen molar-refractivity contribution < 1.29 is 14.2 Å². The average molecular weight is 275 g/mol. The van der Waals surface area contributed by atoms with E-state index < -0.39 is 5.82 Å². The second kappa shape index (κ2) is 6.39. The van der Waals surface area contributed by atoms with Crippen LogP contribution in [0.1, 0.15) is 18.1 Å². The quantitative estimate of drug-likeness (QED) is 0.882. The average Bonchev–Trinajstić information content (AvgIpc) is 2.37. The van der Waals surface area contributed by atoms with Crippen LogP contribution in [0.25, 0.3) is 0 Å². The van der Waals surface area contributed by atoms with Gasteiger partial charge in [-0.05, 0) is 48.7 Å². The summed E-state index contributed by atoms with van der Waals surface area (Å²) in [5.41, 5.74) is 7.31. The Bertz CT molecular complexity index is 584. The number of rotatable bonds is 5. The number of phenols is 1. The smallest absolute Gasteiger partial charge is 0.165 e. The third-order valence-electron chi connectivity index (χ3n) is 2.86. The lowest BCUT2D eigenvalue weighted by Gasteiger charge is -2.10. The fraction of sp³-hybridized carbons (Fsp3) is 0.250. The second-order valence-corrected chi connectivity index (χ2v) is 4.90. The van der Waals surface area contributed by atoms with Crippen LogP contribution in [-0.4, -0.2) is 11.1 Å². The lowest BCUT2D eigenvalue weighted by atomic mass is 10.1. The Morgan fingerprint density at radius 1 is 1.20 bits per heavy atom. The van der Waals surface area contributed by atoms with Crippen molar-refractivity contribution >= 4 is 0 Å². The molecule has 0 fully saturated rings. The van der Waals surface area contributed by atoms with Gasteiger partial charge in [0.15, 0.2) is 11.6 Å². The number of benzene rings is 2. The molecule has 0 aliphatic carbocycles. The Hall–Kier alpha value is -2.07. The van der Waals surface area contributed by atoms with Crippen molar-refractivity contribution in [2.45, 2.75) is 26.0 Å². The van der Waals surface area contributed by atoms with Crippen molar-refractivity contribution in [2.24, 2.45) is 5.73 Å². The predicted molar refractivity (Wildman–Crippen MR) is 76.2 cm³/mol. The molecule has 2 aromatic carbocycles. The summed E-state index contributed by atoms with van der Waals surface area (Å²) in [7, 11) is 0. The molecule has 0 heterocycles. The molecular formula is C16H18FNO2. The fourth-order valence-corrected chi connectivity index (χ4v) is 1.97. The van der Waals surface area contributed by atoms with Crippen LogP contribution in [0.2, 0.25) is 0 Å². The molecule has 1 unspecified atom stereocenters. The zero-order valence-electron chi connectivity index (χ0n) is 11.3. The molecule has 4 heteroatoms. The molecule has 1 atom stereocenters. The Balaban J connectivity index is 2.03. The maximum absolute atomic E-state index is 13.9. The minimum Gasteiger partial charge on any atom is -0.508 e. The normalized spacial score (nSPS) is 12.2. The van der Waals surface area contributed by atoms with Crippen LogP contribution in [0.5, 0.6) is 11.5 Å². The maximum Gasteiger partial charge on any atom is 0.165 e. The fourth-order valence-electron chi connectivity index (χ4n) is 1.97. The van der Waals surface area contributed by atoms with E-state index in [0.717, 1.165) is 11.1 Å². The lowest BCUT2D eigenvalue weighted by molar-refractivity contribution is 0.289. The van der Waals surface area contributed by atoms with E-state index in [1.165, 1.54) is 6.07 Å². The first kappa shape index (κ1) is 14.3. The number of nitrogens with two attached hydrogens (primary N) is 1. The number of aromatic hydroxyl groups is 1. The molecule has 3 nitrogen and oxygen atoms in total. The molecule has 0 radical (unpaired) electrons. The van der Waals surface area contributed by atoms with Gasteiger partial charge in [-0.25, -0.2) is 4.39 Å². The molecule has 106 valence electrons. The van der Waals surface area contributed by atoms with E-state index in [1.54, 1.807) is 24.3 Å². The first-order chi connectivity index (χ1) is 9.54. The van der Waals surface area contributed by atoms with Gasteiger partial charge in [0.05, 0.1) is 0 Å². The molecule has 0 saturated carbocycles. The molecule has 0 aromatic heterocycles. The number of hydrogen-bond donors (Lipinski definition) is 2. The molecule has 0 aliphatic rings. The number of ether oxygens (including phenoxy) is 1. The molecule has 0 amide bonds. The molecule has 0 spiro atoms. The summed E-state index contributed by atoms with van der Waals surface area (Å²) >= 11 is 0. The van der Waals surface area contributed by atoms with Crippen molar-refractivity contribution in [1.82, 2.24) is 0 Å². The minimum absolute atomic E-state index is 0.00605. The monoisotopic (exact) mass is 275 g/mol. The zero-order valence-corrected chi connectivity index (χ0v) is 11.3. The van der Waals surface area contributed by atoms with Crippen LogP contribution in [0.15, 0.2) is 42.5 Å². The van der Waals surface area contributed by atoms with Gasteiger partial charge in [0.25, 0.3) is 0 Å². The summed E-state index contributed by atoms with van der Waals surface area (Å²) in [5, 5.41) is 9.34. The van der Waals surface area contributed by atoms with E-state index in [2.05, 4.69) is 0 Å². The van der Waals surface area contributed by atoms with Gasteiger partial charge in [-0.15, -0.1) is 0 Å². The zero-order chi connectivity index (χ0) is 14.5. The van der Waals surface area contributed by atoms with E-state index in [-0.39, 0.29) is 24.1 Å². The van der Waals surface area contributed by atoms with E-state index >= 15 is 0 Å². The van der Waals surface area contributed by atoms with Crippen LogP contribution in [0.4, 0.5) is 4.39 Å². The third kappa shape index (κ3) is 3.96. The molecule has 0 saturated heterocycles. The molecule has 20 heavy (non-hydrogen) atoms. The molecule has 2 rings (SSSR count). The largest absolute Gasteiger partial charge is 0.508 e. The van der Waals surface area contributed by atoms with Crippen molar-refractivity contribution in [1.29, 1.82) is 0 Å². The van der Waals surface area contributed by atoms with Gasteiger partial charge in [0.2, 0.25) is 0 Å². The molecule has 3 N–H and O–H groups in total. The van der Waals surface area contributed by atoms with Gasteiger partial charge in [0.1, 0.15) is 12.4 Å². The van der Waals surface area contributed by atoms with Crippen LogP contribution >= 0.6 is 0 Å². The first-order valence-electron chi connectivity index (χ1n) is 6.49. The summed E-state index contributed by atoms with van der Waals surface area (Å²) in [6.45, 7) is 2.09. The lowest BCUT2D eigenvalue weighted by Crippen LogP contribution is -2.17. The molecule has 0 bridgehead atoms. The van der Waals surface area contributed by atoms with Gasteiger partial charge >= 0.3 is 0 Å². The highest BCUT2D eigenvalue weighted by Crippen LogP contribution is 2.21. The van der Waals surface area contributed by atoms with Gasteiger partial charge < -0.3 is 15.6 Å². The summed E-state index contributed by atoms with van der Waals surface area (Å²) in [6.07, 6.45) is 0.629. The summed E-state index contributed by atoms with van der Waals surface area (Å²) in [5.74, 6) is -0.0380. The van der Waals surface area contributed by atoms with Crippen LogP contribution in [0, 0.1) is 5.82 Å². The standard InChI is InChI=1S/C16H18FNO2/c1-11(18)7-12-5-6-16(15(17)9-12)20-10-13-3-2-4-14(19)8-13/h2-6,8-9,11,19H,7,10,18H2,1H3. The maximum atomic E-state index is 13.9. The van der Waals surface area contributed by atoms with E-state index in [0.29, 0.717) is 6.42 Å². The second-order valence-electron chi connectivity index (χ2n) is 4.90. The Morgan fingerprint density at radius 3 is 2.65 bits per heavy atom. The van der Waals surface area contributed by atoms with Crippen molar-refractivity contribution in [3.05, 3.63) is 59.4 Å². The Kier molecular flexibility index (Phi) is 4.58. The topological polar surface area (TPSA) is 55.5 Å². The highest BCUT2D eigenvalue weighted by atomic mass is 19.1. The molecular weight excluding hydrogens is 257 g/mol. The molecule has 2 aromatic rings. The van der Waals surface area contributed by atoms with Crippen LogP contribution < -0.4 is 10.5 Å². The summed E-state index contributed by atoms with van der Waals surface area (Å²) < 4.78 is 19.3. The highest BCUT2D eigenvalue weighted by molar-refractivity contribution is 5.31. The van der Waals surface area contributed by atoms with E-state index in [9.17, 15) is 9.50 Å². The van der Waals surface area contributed by atoms with Crippen molar-refractivity contribution in [2.75, 3.05) is 0 Å². The summed E-state index contributed by atoms with van der Waals surface area (Å²) in [6, 6.07) is 11.5. The van der Waals surface area contributed by atoms with Gasteiger partial charge in [-0.3, -0.25) is 0 Å². The Labute approximate surface area is 117 Å². The predicted octanol–water partition coefficient (Wildman–Crippen LogP) is 3.00. The van der Waals surface area contributed by atoms with E-state index in [1.807, 2.05) is 19.1 Å². The highest BCUT2D eigenvalue weighted by Gasteiger charge is 2.07. The van der Waals surface area contributed by atoms with Crippen molar-refractivity contribution in [3.8, 4) is 11.5 Å². The van der Waals surface area contributed by atoms with Gasteiger partial charge in [-0.1, -0.05) is 18.2 Å². The number of hydrogen-bond acceptors (Lipinski definition) is 3.